The number of ether oxygens (including phenoxy) is 1. The number of piperazine rings is 1. The van der Waals surface area contributed by atoms with Crippen molar-refractivity contribution in [2.75, 3.05) is 59.5 Å². The van der Waals surface area contributed by atoms with Crippen molar-refractivity contribution in [3.63, 3.8) is 0 Å². The summed E-state index contributed by atoms with van der Waals surface area (Å²) >= 11 is 0. The molecule has 7 heteroatoms. The van der Waals surface area contributed by atoms with E-state index in [1.807, 2.05) is 4.90 Å². The molecule has 0 spiro atoms. The standard InChI is InChI=1S/C16H25N5O2/c1-19-4-6-20(7-5-19)15-11-23-10-12-8-21(9-13(12)15)16(22)14-2-3-17-18-14/h2-3,12-13,15H,4-11H2,1H3,(H,17,18)/t12-,13-,15+/m0/s1. The van der Waals surface area contributed by atoms with Gasteiger partial charge in [-0.2, -0.15) is 5.10 Å². The Kier molecular flexibility index (Phi) is 4.09. The lowest BCUT2D eigenvalue weighted by Gasteiger charge is -2.43. The molecule has 0 radical (unpaired) electrons. The van der Waals surface area contributed by atoms with Crippen molar-refractivity contribution in [1.82, 2.24) is 24.9 Å². The third-order valence-electron chi connectivity index (χ3n) is 5.63. The van der Waals surface area contributed by atoms with E-state index in [9.17, 15) is 4.79 Å². The second-order valence-corrected chi connectivity index (χ2v) is 7.05. The topological polar surface area (TPSA) is 64.7 Å². The first-order valence-electron chi connectivity index (χ1n) is 8.51. The van der Waals surface area contributed by atoms with Gasteiger partial charge < -0.3 is 14.5 Å². The normalized spacial score (nSPS) is 32.9. The van der Waals surface area contributed by atoms with Crippen molar-refractivity contribution >= 4 is 5.91 Å². The van der Waals surface area contributed by atoms with Crippen molar-refractivity contribution < 1.29 is 9.53 Å². The third kappa shape index (κ3) is 2.88. The number of rotatable bonds is 2. The fourth-order valence-corrected chi connectivity index (χ4v) is 4.21. The average molecular weight is 319 g/mol. The predicted molar refractivity (Wildman–Crippen MR) is 85.1 cm³/mol. The van der Waals surface area contributed by atoms with Gasteiger partial charge in [-0.1, -0.05) is 0 Å². The van der Waals surface area contributed by atoms with Gasteiger partial charge in [-0.05, 0) is 13.1 Å². The second kappa shape index (κ2) is 6.22. The van der Waals surface area contributed by atoms with Gasteiger partial charge in [0.25, 0.3) is 5.91 Å². The van der Waals surface area contributed by atoms with Gasteiger partial charge in [0.05, 0.1) is 13.2 Å². The lowest BCUT2D eigenvalue weighted by Crippen LogP contribution is -2.56. The van der Waals surface area contributed by atoms with Crippen molar-refractivity contribution in [3.05, 3.63) is 18.0 Å². The van der Waals surface area contributed by atoms with Gasteiger partial charge in [-0.3, -0.25) is 14.8 Å². The molecule has 1 aromatic heterocycles. The third-order valence-corrected chi connectivity index (χ3v) is 5.63. The van der Waals surface area contributed by atoms with E-state index in [1.165, 1.54) is 0 Å². The monoisotopic (exact) mass is 319 g/mol. The molecule has 4 heterocycles. The maximum absolute atomic E-state index is 12.6. The highest BCUT2D eigenvalue weighted by atomic mass is 16.5. The minimum atomic E-state index is 0.0639. The summed E-state index contributed by atoms with van der Waals surface area (Å²) in [5.41, 5.74) is 0.584. The molecule has 3 atom stereocenters. The van der Waals surface area contributed by atoms with E-state index in [4.69, 9.17) is 4.74 Å². The highest BCUT2D eigenvalue weighted by molar-refractivity contribution is 5.92. The molecule has 0 saturated carbocycles. The molecule has 7 nitrogen and oxygen atoms in total. The summed E-state index contributed by atoms with van der Waals surface area (Å²) in [5, 5.41) is 6.68. The number of nitrogens with zero attached hydrogens (tertiary/aromatic N) is 4. The number of carbonyl (C=O) groups is 1. The van der Waals surface area contributed by atoms with Gasteiger partial charge >= 0.3 is 0 Å². The number of carbonyl (C=O) groups excluding carboxylic acids is 1. The minimum absolute atomic E-state index is 0.0639. The molecule has 3 aliphatic heterocycles. The van der Waals surface area contributed by atoms with E-state index in [2.05, 4.69) is 27.0 Å². The van der Waals surface area contributed by atoms with Gasteiger partial charge in [0.2, 0.25) is 0 Å². The Morgan fingerprint density at radius 2 is 2.09 bits per heavy atom. The lowest BCUT2D eigenvalue weighted by atomic mass is 9.86. The maximum atomic E-state index is 12.6. The molecule has 3 saturated heterocycles. The van der Waals surface area contributed by atoms with Crippen LogP contribution in [0.25, 0.3) is 0 Å². The molecule has 0 unspecified atom stereocenters. The van der Waals surface area contributed by atoms with Crippen LogP contribution < -0.4 is 0 Å². The molecule has 23 heavy (non-hydrogen) atoms. The summed E-state index contributed by atoms with van der Waals surface area (Å²) in [6, 6.07) is 2.20. The number of hydrogen-bond donors (Lipinski definition) is 1. The maximum Gasteiger partial charge on any atom is 0.271 e. The van der Waals surface area contributed by atoms with Crippen LogP contribution in [0.3, 0.4) is 0 Å². The molecular formula is C16H25N5O2. The molecular weight excluding hydrogens is 294 g/mol. The number of fused-ring (bicyclic) bond motifs is 1. The van der Waals surface area contributed by atoms with Crippen molar-refractivity contribution in [2.24, 2.45) is 11.8 Å². The molecule has 0 bridgehead atoms. The summed E-state index contributed by atoms with van der Waals surface area (Å²) in [6.07, 6.45) is 1.63. The minimum Gasteiger partial charge on any atom is -0.379 e. The van der Waals surface area contributed by atoms with E-state index in [0.717, 1.165) is 52.5 Å². The number of nitrogens with one attached hydrogen (secondary N) is 1. The Balaban J connectivity index is 1.45. The zero-order chi connectivity index (χ0) is 15.8. The molecule has 1 amide bonds. The summed E-state index contributed by atoms with van der Waals surface area (Å²) < 4.78 is 5.88. The van der Waals surface area contributed by atoms with Crippen LogP contribution in [0, 0.1) is 11.8 Å². The zero-order valence-electron chi connectivity index (χ0n) is 13.6. The van der Waals surface area contributed by atoms with E-state index in [-0.39, 0.29) is 5.91 Å². The molecule has 3 aliphatic rings. The largest absolute Gasteiger partial charge is 0.379 e. The summed E-state index contributed by atoms with van der Waals surface area (Å²) in [6.45, 7) is 7.65. The smallest absolute Gasteiger partial charge is 0.271 e. The summed E-state index contributed by atoms with van der Waals surface area (Å²) in [7, 11) is 2.18. The van der Waals surface area contributed by atoms with E-state index >= 15 is 0 Å². The molecule has 1 aromatic rings. The first kappa shape index (κ1) is 15.1. The van der Waals surface area contributed by atoms with Gasteiger partial charge in [0.15, 0.2) is 0 Å². The van der Waals surface area contributed by atoms with Crippen LogP contribution in [0.1, 0.15) is 10.5 Å². The van der Waals surface area contributed by atoms with Crippen LogP contribution in [0.5, 0.6) is 0 Å². The molecule has 0 aromatic carbocycles. The predicted octanol–water partition coefficient (Wildman–Crippen LogP) is -0.256. The number of hydrogen-bond acceptors (Lipinski definition) is 5. The number of aromatic nitrogens is 2. The summed E-state index contributed by atoms with van der Waals surface area (Å²) in [5.74, 6) is 1.05. The Labute approximate surface area is 136 Å². The van der Waals surface area contributed by atoms with Gasteiger partial charge in [0, 0.05) is 63.3 Å². The van der Waals surface area contributed by atoms with Gasteiger partial charge in [0.1, 0.15) is 5.69 Å². The number of amides is 1. The molecule has 1 N–H and O–H groups in total. The van der Waals surface area contributed by atoms with Crippen molar-refractivity contribution in [3.8, 4) is 0 Å². The number of H-pyrrole nitrogens is 1. The lowest BCUT2D eigenvalue weighted by molar-refractivity contribution is -0.0485. The first-order chi connectivity index (χ1) is 11.2. The van der Waals surface area contributed by atoms with E-state index in [1.54, 1.807) is 12.3 Å². The van der Waals surface area contributed by atoms with Crippen molar-refractivity contribution in [1.29, 1.82) is 0 Å². The van der Waals surface area contributed by atoms with Crippen LogP contribution in [-0.2, 0) is 4.74 Å². The Bertz CT molecular complexity index is 541. The fourth-order valence-electron chi connectivity index (χ4n) is 4.21. The van der Waals surface area contributed by atoms with Gasteiger partial charge in [-0.25, -0.2) is 0 Å². The van der Waals surface area contributed by atoms with E-state index in [0.29, 0.717) is 23.6 Å². The number of aromatic amines is 1. The highest BCUT2D eigenvalue weighted by Gasteiger charge is 2.45. The number of likely N-dealkylation sites (N-methyl/N-ethyl adjacent to an activating group) is 1. The van der Waals surface area contributed by atoms with Crippen molar-refractivity contribution in [2.45, 2.75) is 6.04 Å². The van der Waals surface area contributed by atoms with Crippen LogP contribution in [0.2, 0.25) is 0 Å². The highest BCUT2D eigenvalue weighted by Crippen LogP contribution is 2.33. The molecule has 126 valence electrons. The van der Waals surface area contributed by atoms with Crippen LogP contribution in [-0.4, -0.2) is 96.4 Å². The molecule has 0 aliphatic carbocycles. The molecule has 3 fully saturated rings. The molecule has 4 rings (SSSR count). The quantitative estimate of drug-likeness (QED) is 0.814. The summed E-state index contributed by atoms with van der Waals surface area (Å²) in [4.78, 5) is 19.5. The van der Waals surface area contributed by atoms with E-state index < -0.39 is 0 Å². The van der Waals surface area contributed by atoms with Gasteiger partial charge in [-0.15, -0.1) is 0 Å². The Hall–Kier alpha value is -1.44. The SMILES string of the molecule is CN1CCN([C@@H]2COC[C@@H]3CN(C(=O)c4ccn[nH]4)C[C@@H]32)CC1. The average Bonchev–Trinajstić information content (AvgIpc) is 3.24. The Morgan fingerprint density at radius 3 is 2.83 bits per heavy atom. The fraction of sp³-hybridized carbons (Fsp3) is 0.750. The Morgan fingerprint density at radius 1 is 1.26 bits per heavy atom. The van der Waals surface area contributed by atoms with Crippen LogP contribution in [0.15, 0.2) is 12.3 Å². The van der Waals surface area contributed by atoms with Crippen LogP contribution in [0.4, 0.5) is 0 Å². The van der Waals surface area contributed by atoms with Crippen LogP contribution >= 0.6 is 0 Å². The number of likely N-dealkylation sites (tertiary alicyclic amines) is 1. The zero-order valence-corrected chi connectivity index (χ0v) is 13.6. The first-order valence-corrected chi connectivity index (χ1v) is 8.51. The second-order valence-electron chi connectivity index (χ2n) is 7.05.